The van der Waals surface area contributed by atoms with Crippen LogP contribution in [0.5, 0.6) is 0 Å². The summed E-state index contributed by atoms with van der Waals surface area (Å²) in [6.45, 7) is 2.04. The maximum atomic E-state index is 13.7. The highest BCUT2D eigenvalue weighted by Gasteiger charge is 2.28. The summed E-state index contributed by atoms with van der Waals surface area (Å²) in [7, 11) is 0. The molecular weight excluding hydrogens is 222 g/mol. The fourth-order valence-electron chi connectivity index (χ4n) is 2.45. The standard InChI is InChI=1S/C13H18F2N2/c1-13(7-3-2-4-8-13)17-12-10(16)6-5-9(14)11(12)15/h5-6,17H,2-4,7-8,16H2,1H3. The van der Waals surface area contributed by atoms with Crippen LogP contribution in [-0.4, -0.2) is 5.54 Å². The lowest BCUT2D eigenvalue weighted by atomic mass is 9.83. The first-order chi connectivity index (χ1) is 8.02. The largest absolute Gasteiger partial charge is 0.397 e. The van der Waals surface area contributed by atoms with Gasteiger partial charge in [0.2, 0.25) is 0 Å². The Kier molecular flexibility index (Phi) is 3.22. The van der Waals surface area contributed by atoms with Crippen molar-refractivity contribution in [3.63, 3.8) is 0 Å². The van der Waals surface area contributed by atoms with Gasteiger partial charge in [0.25, 0.3) is 0 Å². The Balaban J connectivity index is 2.26. The topological polar surface area (TPSA) is 38.0 Å². The second-order valence-corrected chi connectivity index (χ2v) is 5.07. The molecule has 0 bridgehead atoms. The number of benzene rings is 1. The number of nitrogen functional groups attached to an aromatic ring is 1. The van der Waals surface area contributed by atoms with E-state index in [1.807, 2.05) is 6.92 Å². The molecule has 1 aromatic rings. The van der Waals surface area contributed by atoms with E-state index < -0.39 is 11.6 Å². The normalized spacial score (nSPS) is 19.0. The van der Waals surface area contributed by atoms with Gasteiger partial charge in [0, 0.05) is 5.54 Å². The SMILES string of the molecule is CC1(Nc2c(N)ccc(F)c2F)CCCCC1. The number of nitrogens with one attached hydrogen (secondary N) is 1. The summed E-state index contributed by atoms with van der Waals surface area (Å²) in [5, 5.41) is 3.09. The van der Waals surface area contributed by atoms with Gasteiger partial charge in [-0.05, 0) is 31.9 Å². The Morgan fingerprint density at radius 3 is 2.47 bits per heavy atom. The van der Waals surface area contributed by atoms with E-state index in [4.69, 9.17) is 5.73 Å². The van der Waals surface area contributed by atoms with Gasteiger partial charge < -0.3 is 11.1 Å². The molecule has 0 unspecified atom stereocenters. The fourth-order valence-corrected chi connectivity index (χ4v) is 2.45. The average Bonchev–Trinajstić information content (AvgIpc) is 2.31. The zero-order valence-corrected chi connectivity index (χ0v) is 10.0. The molecule has 1 aliphatic rings. The van der Waals surface area contributed by atoms with E-state index in [0.717, 1.165) is 31.7 Å². The molecule has 0 atom stereocenters. The van der Waals surface area contributed by atoms with E-state index in [1.165, 1.54) is 12.5 Å². The van der Waals surface area contributed by atoms with Crippen molar-refractivity contribution in [2.45, 2.75) is 44.6 Å². The molecule has 2 nitrogen and oxygen atoms in total. The molecule has 1 fully saturated rings. The van der Waals surface area contributed by atoms with E-state index in [1.54, 1.807) is 0 Å². The van der Waals surface area contributed by atoms with Crippen molar-refractivity contribution in [1.29, 1.82) is 0 Å². The first-order valence-corrected chi connectivity index (χ1v) is 6.03. The van der Waals surface area contributed by atoms with Crippen LogP contribution in [0, 0.1) is 11.6 Å². The molecule has 1 aliphatic carbocycles. The smallest absolute Gasteiger partial charge is 0.183 e. The van der Waals surface area contributed by atoms with Gasteiger partial charge in [-0.1, -0.05) is 19.3 Å². The molecule has 0 radical (unpaired) electrons. The third-order valence-corrected chi connectivity index (χ3v) is 3.51. The number of hydrogen-bond acceptors (Lipinski definition) is 2. The van der Waals surface area contributed by atoms with Gasteiger partial charge in [0.05, 0.1) is 11.4 Å². The Morgan fingerprint density at radius 2 is 1.82 bits per heavy atom. The van der Waals surface area contributed by atoms with E-state index in [9.17, 15) is 8.78 Å². The summed E-state index contributed by atoms with van der Waals surface area (Å²) in [6, 6.07) is 2.45. The molecule has 94 valence electrons. The molecule has 4 heteroatoms. The predicted molar refractivity (Wildman–Crippen MR) is 65.9 cm³/mol. The molecule has 0 spiro atoms. The van der Waals surface area contributed by atoms with Gasteiger partial charge in [-0.3, -0.25) is 0 Å². The van der Waals surface area contributed by atoms with Crippen LogP contribution in [0.2, 0.25) is 0 Å². The second-order valence-electron chi connectivity index (χ2n) is 5.07. The van der Waals surface area contributed by atoms with Gasteiger partial charge >= 0.3 is 0 Å². The fraction of sp³-hybridized carbons (Fsp3) is 0.538. The Bertz CT molecular complexity index is 412. The van der Waals surface area contributed by atoms with Crippen LogP contribution in [0.15, 0.2) is 12.1 Å². The third-order valence-electron chi connectivity index (χ3n) is 3.51. The zero-order valence-electron chi connectivity index (χ0n) is 10.0. The number of rotatable bonds is 2. The van der Waals surface area contributed by atoms with Gasteiger partial charge in [-0.2, -0.15) is 0 Å². The van der Waals surface area contributed by atoms with Crippen LogP contribution in [-0.2, 0) is 0 Å². The summed E-state index contributed by atoms with van der Waals surface area (Å²) in [5.74, 6) is -1.74. The minimum atomic E-state index is -0.878. The van der Waals surface area contributed by atoms with Gasteiger partial charge in [-0.15, -0.1) is 0 Å². The first-order valence-electron chi connectivity index (χ1n) is 6.03. The highest BCUT2D eigenvalue weighted by molar-refractivity contribution is 5.67. The molecule has 0 heterocycles. The van der Waals surface area contributed by atoms with E-state index in [-0.39, 0.29) is 16.9 Å². The molecular formula is C13H18F2N2. The number of halogens is 2. The predicted octanol–water partition coefficient (Wildman–Crippen LogP) is 3.68. The van der Waals surface area contributed by atoms with Crippen molar-refractivity contribution < 1.29 is 8.78 Å². The van der Waals surface area contributed by atoms with Gasteiger partial charge in [0.1, 0.15) is 0 Å². The molecule has 3 N–H and O–H groups in total. The van der Waals surface area contributed by atoms with Crippen molar-refractivity contribution in [2.75, 3.05) is 11.1 Å². The van der Waals surface area contributed by atoms with E-state index in [0.29, 0.717) is 0 Å². The summed E-state index contributed by atoms with van der Waals surface area (Å²) >= 11 is 0. The first kappa shape index (κ1) is 12.1. The minimum absolute atomic E-state index is 0.106. The number of hydrogen-bond donors (Lipinski definition) is 2. The molecule has 1 aromatic carbocycles. The zero-order chi connectivity index (χ0) is 12.5. The quantitative estimate of drug-likeness (QED) is 0.774. The van der Waals surface area contributed by atoms with Crippen LogP contribution >= 0.6 is 0 Å². The lowest BCUT2D eigenvalue weighted by Crippen LogP contribution is -2.37. The highest BCUT2D eigenvalue weighted by atomic mass is 19.2. The minimum Gasteiger partial charge on any atom is -0.397 e. The summed E-state index contributed by atoms with van der Waals surface area (Å²) in [6.07, 6.45) is 5.35. The molecule has 17 heavy (non-hydrogen) atoms. The van der Waals surface area contributed by atoms with Crippen LogP contribution in [0.3, 0.4) is 0 Å². The van der Waals surface area contributed by atoms with Gasteiger partial charge in [-0.25, -0.2) is 8.78 Å². The van der Waals surface area contributed by atoms with Crippen molar-refractivity contribution >= 4 is 11.4 Å². The van der Waals surface area contributed by atoms with Crippen LogP contribution in [0.4, 0.5) is 20.2 Å². The Morgan fingerprint density at radius 1 is 1.18 bits per heavy atom. The van der Waals surface area contributed by atoms with Crippen molar-refractivity contribution in [3.8, 4) is 0 Å². The number of nitrogens with two attached hydrogens (primary N) is 1. The third kappa shape index (κ3) is 2.51. The van der Waals surface area contributed by atoms with Crippen molar-refractivity contribution in [3.05, 3.63) is 23.8 Å². The Hall–Kier alpha value is -1.32. The lowest BCUT2D eigenvalue weighted by Gasteiger charge is -2.36. The lowest BCUT2D eigenvalue weighted by molar-refractivity contribution is 0.347. The molecule has 0 aliphatic heterocycles. The van der Waals surface area contributed by atoms with Crippen LogP contribution in [0.25, 0.3) is 0 Å². The molecule has 1 saturated carbocycles. The van der Waals surface area contributed by atoms with Crippen LogP contribution < -0.4 is 11.1 Å². The Labute approximate surface area is 100 Å². The molecule has 0 saturated heterocycles. The maximum absolute atomic E-state index is 13.7. The number of anilines is 2. The van der Waals surface area contributed by atoms with Crippen LogP contribution in [0.1, 0.15) is 39.0 Å². The van der Waals surface area contributed by atoms with Crippen molar-refractivity contribution in [1.82, 2.24) is 0 Å². The molecule has 0 aromatic heterocycles. The van der Waals surface area contributed by atoms with E-state index >= 15 is 0 Å². The summed E-state index contributed by atoms with van der Waals surface area (Å²) < 4.78 is 26.8. The van der Waals surface area contributed by atoms with Gasteiger partial charge in [0.15, 0.2) is 11.6 Å². The average molecular weight is 240 g/mol. The van der Waals surface area contributed by atoms with Crippen molar-refractivity contribution in [2.24, 2.45) is 0 Å². The summed E-state index contributed by atoms with van der Waals surface area (Å²) in [4.78, 5) is 0. The summed E-state index contributed by atoms with van der Waals surface area (Å²) in [5.41, 5.74) is 5.88. The second kappa shape index (κ2) is 4.51. The monoisotopic (exact) mass is 240 g/mol. The molecule has 2 rings (SSSR count). The molecule has 0 amide bonds. The highest BCUT2D eigenvalue weighted by Crippen LogP contribution is 2.34. The maximum Gasteiger partial charge on any atom is 0.183 e. The van der Waals surface area contributed by atoms with E-state index in [2.05, 4.69) is 5.32 Å².